The molecule has 1 saturated carbocycles. The molecule has 0 aromatic carbocycles. The van der Waals surface area contributed by atoms with Crippen LogP contribution in [0, 0.1) is 0 Å². The molecule has 2 aromatic rings. The second kappa shape index (κ2) is 12.8. The Hall–Kier alpha value is -2.52. The van der Waals surface area contributed by atoms with Crippen LogP contribution >= 0.6 is 0 Å². The number of pyridine rings is 1. The zero-order chi connectivity index (χ0) is 26.4. The Kier molecular flexibility index (Phi) is 9.54. The van der Waals surface area contributed by atoms with Gasteiger partial charge in [0.15, 0.2) is 0 Å². The number of rotatable bonds is 10. The van der Waals surface area contributed by atoms with Crippen LogP contribution in [0.15, 0.2) is 12.4 Å². The molecule has 204 valence electrons. The Bertz CT molecular complexity index is 1030. The highest BCUT2D eigenvalue weighted by atomic mass is 16.5. The van der Waals surface area contributed by atoms with Gasteiger partial charge in [0, 0.05) is 64.1 Å². The molecule has 9 nitrogen and oxygen atoms in total. The molecule has 2 aliphatic rings. The summed E-state index contributed by atoms with van der Waals surface area (Å²) < 4.78 is 6.45. The maximum Gasteiger partial charge on any atom is 0.224 e. The first-order valence-corrected chi connectivity index (χ1v) is 14.0. The zero-order valence-corrected chi connectivity index (χ0v) is 22.9. The molecule has 1 aliphatic carbocycles. The third kappa shape index (κ3) is 7.29. The molecular formula is C28H44N6O3. The number of aliphatic hydroxyl groups is 1. The molecule has 1 aliphatic heterocycles. The van der Waals surface area contributed by atoms with Crippen molar-refractivity contribution in [1.82, 2.24) is 24.8 Å². The van der Waals surface area contributed by atoms with E-state index in [0.29, 0.717) is 30.2 Å². The average molecular weight is 513 g/mol. The van der Waals surface area contributed by atoms with Crippen molar-refractivity contribution in [2.75, 3.05) is 39.0 Å². The van der Waals surface area contributed by atoms with Gasteiger partial charge in [0.1, 0.15) is 6.10 Å². The van der Waals surface area contributed by atoms with E-state index in [1.807, 2.05) is 12.4 Å². The number of piperidine rings is 1. The fraction of sp³-hybridized carbons (Fsp3) is 0.714. The first kappa shape index (κ1) is 27.5. The number of aromatic nitrogens is 3. The Morgan fingerprint density at radius 2 is 1.89 bits per heavy atom. The maximum atomic E-state index is 11.9. The van der Waals surface area contributed by atoms with Crippen molar-refractivity contribution >= 4 is 22.8 Å². The van der Waals surface area contributed by atoms with E-state index in [4.69, 9.17) is 14.7 Å². The van der Waals surface area contributed by atoms with Crippen LogP contribution in [0.1, 0.15) is 83.1 Å². The quantitative estimate of drug-likeness (QED) is 0.493. The van der Waals surface area contributed by atoms with Crippen molar-refractivity contribution in [2.24, 2.45) is 0 Å². The fourth-order valence-corrected chi connectivity index (χ4v) is 5.48. The minimum atomic E-state index is -0.202. The molecule has 1 amide bonds. The number of likely N-dealkylation sites (tertiary alicyclic amines) is 1. The van der Waals surface area contributed by atoms with Gasteiger partial charge < -0.3 is 25.0 Å². The summed E-state index contributed by atoms with van der Waals surface area (Å²) in [6.07, 6.45) is 11.7. The van der Waals surface area contributed by atoms with Gasteiger partial charge in [-0.2, -0.15) is 0 Å². The fourth-order valence-electron chi connectivity index (χ4n) is 5.48. The summed E-state index contributed by atoms with van der Waals surface area (Å²) in [6.45, 7) is 6.94. The highest BCUT2D eigenvalue weighted by Crippen LogP contribution is 2.38. The third-order valence-corrected chi connectivity index (χ3v) is 7.80. The Balaban J connectivity index is 1.49. The van der Waals surface area contributed by atoms with Crippen molar-refractivity contribution in [3.05, 3.63) is 18.0 Å². The van der Waals surface area contributed by atoms with Gasteiger partial charge in [-0.3, -0.25) is 4.79 Å². The normalized spacial score (nSPS) is 22.1. The van der Waals surface area contributed by atoms with E-state index in [-0.39, 0.29) is 18.1 Å². The zero-order valence-electron chi connectivity index (χ0n) is 22.9. The topological polar surface area (TPSA) is 104 Å². The molecule has 4 rings (SSSR count). The van der Waals surface area contributed by atoms with Crippen LogP contribution in [0.25, 0.3) is 10.9 Å². The van der Waals surface area contributed by atoms with Gasteiger partial charge >= 0.3 is 0 Å². The van der Waals surface area contributed by atoms with Crippen LogP contribution < -0.4 is 10.1 Å². The summed E-state index contributed by atoms with van der Waals surface area (Å²) in [5.41, 5.74) is 2.04. The van der Waals surface area contributed by atoms with Gasteiger partial charge in [-0.25, -0.2) is 15.0 Å². The smallest absolute Gasteiger partial charge is 0.224 e. The number of hydrogen-bond acceptors (Lipinski definition) is 8. The standard InChI is InChI=1S/C28H44N6O3/c1-5-6-19(2)31-28-30-18-24-26(32-28)23(20-7-9-21(35)10-8-20)17-29-27(24)37-22-11-14-34(15-12-22)16-13-25(36)33(3)4/h17-22,35H,5-16H2,1-4H3,(H,30,31,32)/t19?,20-,21-. The van der Waals surface area contributed by atoms with Gasteiger partial charge in [0.2, 0.25) is 17.7 Å². The van der Waals surface area contributed by atoms with Gasteiger partial charge in [0.05, 0.1) is 17.0 Å². The number of nitrogens with zero attached hydrogens (tertiary/aromatic N) is 5. The highest BCUT2D eigenvalue weighted by Gasteiger charge is 2.27. The van der Waals surface area contributed by atoms with Crippen LogP contribution in [0.5, 0.6) is 5.88 Å². The SMILES string of the molecule is CCCC(C)Nc1ncc2c(OC3CCN(CCC(=O)N(C)C)CC3)ncc([C@H]3CC[C@H](O)CC3)c2n1. The molecule has 1 unspecified atom stereocenters. The summed E-state index contributed by atoms with van der Waals surface area (Å²) in [6, 6.07) is 0.298. The lowest BCUT2D eigenvalue weighted by molar-refractivity contribution is -0.129. The Morgan fingerprint density at radius 3 is 2.57 bits per heavy atom. The number of carbonyl (C=O) groups is 1. The predicted molar refractivity (Wildman–Crippen MR) is 146 cm³/mol. The highest BCUT2D eigenvalue weighted by molar-refractivity contribution is 5.86. The number of hydrogen-bond donors (Lipinski definition) is 2. The minimum Gasteiger partial charge on any atom is -0.474 e. The average Bonchev–Trinajstić information content (AvgIpc) is 2.89. The molecule has 9 heteroatoms. The molecule has 2 fully saturated rings. The minimum absolute atomic E-state index is 0.0783. The number of anilines is 1. The maximum absolute atomic E-state index is 11.9. The predicted octanol–water partition coefficient (Wildman–Crippen LogP) is 3.97. The number of amides is 1. The molecule has 2 aromatic heterocycles. The lowest BCUT2D eigenvalue weighted by Gasteiger charge is -2.32. The van der Waals surface area contributed by atoms with Gasteiger partial charge in [-0.15, -0.1) is 0 Å². The van der Waals surface area contributed by atoms with Gasteiger partial charge in [-0.05, 0) is 57.8 Å². The van der Waals surface area contributed by atoms with Crippen LogP contribution in [-0.2, 0) is 4.79 Å². The molecule has 0 spiro atoms. The van der Waals surface area contributed by atoms with Crippen LogP contribution in [0.2, 0.25) is 0 Å². The summed E-state index contributed by atoms with van der Waals surface area (Å²) in [5.74, 6) is 1.74. The van der Waals surface area contributed by atoms with Gasteiger partial charge in [-0.1, -0.05) is 13.3 Å². The lowest BCUT2D eigenvalue weighted by Crippen LogP contribution is -2.40. The van der Waals surface area contributed by atoms with E-state index in [9.17, 15) is 9.90 Å². The largest absolute Gasteiger partial charge is 0.474 e. The summed E-state index contributed by atoms with van der Waals surface area (Å²) in [4.78, 5) is 30.3. The monoisotopic (exact) mass is 512 g/mol. The lowest BCUT2D eigenvalue weighted by atomic mass is 9.83. The van der Waals surface area contributed by atoms with Crippen LogP contribution in [0.4, 0.5) is 5.95 Å². The molecule has 1 saturated heterocycles. The molecule has 1 atom stereocenters. The number of carbonyl (C=O) groups excluding carboxylic acids is 1. The van der Waals surface area contributed by atoms with E-state index in [2.05, 4.69) is 29.0 Å². The van der Waals surface area contributed by atoms with Crippen molar-refractivity contribution in [1.29, 1.82) is 0 Å². The van der Waals surface area contributed by atoms with Crippen molar-refractivity contribution in [3.8, 4) is 5.88 Å². The van der Waals surface area contributed by atoms with Crippen LogP contribution in [-0.4, -0.2) is 87.7 Å². The molecule has 37 heavy (non-hydrogen) atoms. The molecule has 3 heterocycles. The molecule has 0 bridgehead atoms. The van der Waals surface area contributed by atoms with Crippen molar-refractivity contribution in [2.45, 2.75) is 95.8 Å². The Labute approximate surface area is 221 Å². The second-order valence-corrected chi connectivity index (χ2v) is 11.0. The van der Waals surface area contributed by atoms with E-state index in [1.165, 1.54) is 0 Å². The van der Waals surface area contributed by atoms with E-state index < -0.39 is 0 Å². The number of aliphatic hydroxyl groups excluding tert-OH is 1. The summed E-state index contributed by atoms with van der Waals surface area (Å²) in [7, 11) is 3.61. The summed E-state index contributed by atoms with van der Waals surface area (Å²) in [5, 5.41) is 14.3. The summed E-state index contributed by atoms with van der Waals surface area (Å²) >= 11 is 0. The van der Waals surface area contributed by atoms with Crippen molar-refractivity contribution < 1.29 is 14.6 Å². The number of fused-ring (bicyclic) bond motifs is 1. The van der Waals surface area contributed by atoms with E-state index in [0.717, 1.165) is 87.5 Å². The first-order chi connectivity index (χ1) is 17.8. The first-order valence-electron chi connectivity index (χ1n) is 14.0. The third-order valence-electron chi connectivity index (χ3n) is 7.80. The molecular weight excluding hydrogens is 468 g/mol. The molecule has 2 N–H and O–H groups in total. The van der Waals surface area contributed by atoms with Crippen LogP contribution in [0.3, 0.4) is 0 Å². The van der Waals surface area contributed by atoms with E-state index in [1.54, 1.807) is 19.0 Å². The number of ether oxygens (including phenoxy) is 1. The second-order valence-electron chi connectivity index (χ2n) is 11.0. The van der Waals surface area contributed by atoms with E-state index >= 15 is 0 Å². The molecule has 0 radical (unpaired) electrons. The number of nitrogens with one attached hydrogen (secondary N) is 1. The Morgan fingerprint density at radius 1 is 1.16 bits per heavy atom. The van der Waals surface area contributed by atoms with Gasteiger partial charge in [0.25, 0.3) is 0 Å². The van der Waals surface area contributed by atoms with Crippen molar-refractivity contribution in [3.63, 3.8) is 0 Å².